The molecule has 0 unspecified atom stereocenters. The Hall–Kier alpha value is -1.47. The third-order valence-electron chi connectivity index (χ3n) is 2.23. The zero-order valence-corrected chi connectivity index (χ0v) is 11.8. The summed E-state index contributed by atoms with van der Waals surface area (Å²) in [7, 11) is -2.16. The summed E-state index contributed by atoms with van der Waals surface area (Å²) in [5.74, 6) is -0.930. The smallest absolute Gasteiger partial charge is 0.303 e. The number of halogens is 1. The maximum atomic E-state index is 11.7. The summed E-state index contributed by atoms with van der Waals surface area (Å²) in [5.41, 5.74) is 0.316. The summed E-state index contributed by atoms with van der Waals surface area (Å²) < 4.78 is 30.7. The van der Waals surface area contributed by atoms with Crippen LogP contribution in [0.25, 0.3) is 0 Å². The van der Waals surface area contributed by atoms with Crippen LogP contribution in [-0.2, 0) is 14.8 Å². The van der Waals surface area contributed by atoms with Crippen LogP contribution in [0.4, 0.5) is 5.69 Å². The van der Waals surface area contributed by atoms with Gasteiger partial charge in [-0.3, -0.25) is 9.52 Å². The van der Waals surface area contributed by atoms with Crippen LogP contribution in [0.15, 0.2) is 18.2 Å². The van der Waals surface area contributed by atoms with Crippen molar-refractivity contribution in [1.29, 1.82) is 0 Å². The monoisotopic (exact) mass is 307 g/mol. The lowest BCUT2D eigenvalue weighted by molar-refractivity contribution is -0.137. The van der Waals surface area contributed by atoms with Crippen molar-refractivity contribution in [2.45, 2.75) is 12.8 Å². The Morgan fingerprint density at radius 2 is 2.16 bits per heavy atom. The Bertz CT molecular complexity index is 558. The standard InChI is InChI=1S/C11H14ClNO5S/c1-18-10-7-8(4-5-9(10)12)13-19(16,17)6-2-3-11(14)15/h4-5,7,13H,2-3,6H2,1H3,(H,14,15). The fourth-order valence-corrected chi connectivity index (χ4v) is 2.67. The molecular formula is C11H14ClNO5S. The van der Waals surface area contributed by atoms with Gasteiger partial charge in [-0.25, -0.2) is 8.42 Å². The van der Waals surface area contributed by atoms with Crippen LogP contribution in [0.3, 0.4) is 0 Å². The van der Waals surface area contributed by atoms with Crippen LogP contribution >= 0.6 is 11.6 Å². The van der Waals surface area contributed by atoms with Crippen LogP contribution in [0, 0.1) is 0 Å². The van der Waals surface area contributed by atoms with Gasteiger partial charge in [-0.1, -0.05) is 11.6 Å². The lowest BCUT2D eigenvalue weighted by Gasteiger charge is -2.09. The number of ether oxygens (including phenoxy) is 1. The van der Waals surface area contributed by atoms with Crippen molar-refractivity contribution in [3.8, 4) is 5.75 Å². The van der Waals surface area contributed by atoms with Gasteiger partial charge in [0.2, 0.25) is 10.0 Å². The Morgan fingerprint density at radius 3 is 2.74 bits per heavy atom. The van der Waals surface area contributed by atoms with E-state index >= 15 is 0 Å². The summed E-state index contributed by atoms with van der Waals surface area (Å²) in [6.07, 6.45) is -0.139. The maximum absolute atomic E-state index is 11.7. The number of carbonyl (C=O) groups is 1. The van der Waals surface area contributed by atoms with E-state index in [0.717, 1.165) is 0 Å². The Balaban J connectivity index is 2.70. The van der Waals surface area contributed by atoms with Crippen molar-refractivity contribution in [3.05, 3.63) is 23.2 Å². The lowest BCUT2D eigenvalue weighted by Crippen LogP contribution is -2.17. The van der Waals surface area contributed by atoms with E-state index in [9.17, 15) is 13.2 Å². The first kappa shape index (κ1) is 15.6. The molecule has 0 heterocycles. The van der Waals surface area contributed by atoms with Gasteiger partial charge < -0.3 is 9.84 Å². The lowest BCUT2D eigenvalue weighted by atomic mass is 10.3. The zero-order valence-electron chi connectivity index (χ0n) is 10.2. The average molecular weight is 308 g/mol. The van der Waals surface area contributed by atoms with Crippen molar-refractivity contribution < 1.29 is 23.1 Å². The molecule has 0 fully saturated rings. The number of nitrogens with one attached hydrogen (secondary N) is 1. The van der Waals surface area contributed by atoms with Gasteiger partial charge in [0.25, 0.3) is 0 Å². The van der Waals surface area contributed by atoms with E-state index < -0.39 is 16.0 Å². The summed E-state index contributed by atoms with van der Waals surface area (Å²) in [6.45, 7) is 0. The number of hydrogen-bond donors (Lipinski definition) is 2. The first-order valence-corrected chi connectivity index (χ1v) is 7.43. The number of hydrogen-bond acceptors (Lipinski definition) is 4. The second-order valence-corrected chi connectivity index (χ2v) is 6.02. The van der Waals surface area contributed by atoms with E-state index in [4.69, 9.17) is 21.4 Å². The molecule has 1 rings (SSSR count). The predicted molar refractivity (Wildman–Crippen MR) is 72.3 cm³/mol. The van der Waals surface area contributed by atoms with Crippen molar-refractivity contribution in [2.24, 2.45) is 0 Å². The molecule has 0 radical (unpaired) electrons. The Labute approximate surface area is 116 Å². The van der Waals surface area contributed by atoms with Crippen LogP contribution in [0.2, 0.25) is 5.02 Å². The molecule has 1 aromatic carbocycles. The molecule has 0 aliphatic rings. The highest BCUT2D eigenvalue weighted by molar-refractivity contribution is 7.92. The molecule has 0 amide bonds. The quantitative estimate of drug-likeness (QED) is 0.803. The van der Waals surface area contributed by atoms with Crippen LogP contribution in [0.1, 0.15) is 12.8 Å². The number of rotatable bonds is 7. The van der Waals surface area contributed by atoms with Gasteiger partial charge >= 0.3 is 5.97 Å². The normalized spacial score (nSPS) is 11.1. The number of carboxylic acids is 1. The summed E-state index contributed by atoms with van der Waals surface area (Å²) in [6, 6.07) is 4.46. The number of aliphatic carboxylic acids is 1. The van der Waals surface area contributed by atoms with Crippen LogP contribution < -0.4 is 9.46 Å². The van der Waals surface area contributed by atoms with E-state index in [2.05, 4.69) is 4.72 Å². The molecule has 0 saturated carbocycles. The van der Waals surface area contributed by atoms with Crippen molar-refractivity contribution in [2.75, 3.05) is 17.6 Å². The van der Waals surface area contributed by atoms with Gasteiger partial charge in [0.1, 0.15) is 5.75 Å². The number of carboxylic acid groups (broad SMARTS) is 1. The van der Waals surface area contributed by atoms with E-state index in [1.165, 1.54) is 25.3 Å². The molecule has 2 N–H and O–H groups in total. The van der Waals surface area contributed by atoms with E-state index in [-0.39, 0.29) is 18.6 Å². The van der Waals surface area contributed by atoms with Crippen molar-refractivity contribution >= 4 is 33.3 Å². The minimum Gasteiger partial charge on any atom is -0.495 e. The molecule has 0 atom stereocenters. The van der Waals surface area contributed by atoms with Gasteiger partial charge in [0.15, 0.2) is 0 Å². The molecule has 0 aliphatic heterocycles. The number of benzene rings is 1. The van der Waals surface area contributed by atoms with Crippen LogP contribution in [-0.4, -0.2) is 32.4 Å². The largest absolute Gasteiger partial charge is 0.495 e. The van der Waals surface area contributed by atoms with Gasteiger partial charge in [-0.05, 0) is 18.6 Å². The fourth-order valence-electron chi connectivity index (χ4n) is 1.37. The molecule has 6 nitrogen and oxygen atoms in total. The molecule has 0 spiro atoms. The topological polar surface area (TPSA) is 92.7 Å². The molecule has 0 saturated heterocycles. The average Bonchev–Trinajstić information content (AvgIpc) is 2.30. The van der Waals surface area contributed by atoms with Gasteiger partial charge in [-0.15, -0.1) is 0 Å². The minimum absolute atomic E-state index is 0.0510. The summed E-state index contributed by atoms with van der Waals surface area (Å²) >= 11 is 5.82. The molecule has 1 aromatic rings. The molecule has 0 aromatic heterocycles. The highest BCUT2D eigenvalue weighted by Gasteiger charge is 2.12. The zero-order chi connectivity index (χ0) is 14.5. The first-order chi connectivity index (χ1) is 8.84. The van der Waals surface area contributed by atoms with Gasteiger partial charge in [0, 0.05) is 12.5 Å². The molecule has 19 heavy (non-hydrogen) atoms. The van der Waals surface area contributed by atoms with E-state index in [0.29, 0.717) is 16.5 Å². The third-order valence-corrected chi connectivity index (χ3v) is 3.91. The van der Waals surface area contributed by atoms with Gasteiger partial charge in [0.05, 0.1) is 23.6 Å². The summed E-state index contributed by atoms with van der Waals surface area (Å²) in [5, 5.41) is 8.82. The molecule has 0 bridgehead atoms. The van der Waals surface area contributed by atoms with Crippen molar-refractivity contribution in [3.63, 3.8) is 0 Å². The summed E-state index contributed by atoms with van der Waals surface area (Å²) in [4.78, 5) is 10.3. The first-order valence-electron chi connectivity index (χ1n) is 5.40. The highest BCUT2D eigenvalue weighted by Crippen LogP contribution is 2.27. The Morgan fingerprint density at radius 1 is 1.47 bits per heavy atom. The number of sulfonamides is 1. The second kappa shape index (κ2) is 6.63. The van der Waals surface area contributed by atoms with Crippen molar-refractivity contribution in [1.82, 2.24) is 0 Å². The Kier molecular flexibility index (Phi) is 5.44. The molecular weight excluding hydrogens is 294 g/mol. The molecule has 8 heteroatoms. The minimum atomic E-state index is -3.58. The SMILES string of the molecule is COc1cc(NS(=O)(=O)CCCC(=O)O)ccc1Cl. The van der Waals surface area contributed by atoms with E-state index in [1.807, 2.05) is 0 Å². The second-order valence-electron chi connectivity index (χ2n) is 3.77. The number of anilines is 1. The predicted octanol–water partition coefficient (Wildman–Crippen LogP) is 1.96. The molecule has 0 aliphatic carbocycles. The van der Waals surface area contributed by atoms with Gasteiger partial charge in [-0.2, -0.15) is 0 Å². The maximum Gasteiger partial charge on any atom is 0.303 e. The molecule has 106 valence electrons. The number of methoxy groups -OCH3 is 1. The highest BCUT2D eigenvalue weighted by atomic mass is 35.5. The third kappa shape index (κ3) is 5.35. The fraction of sp³-hybridized carbons (Fsp3) is 0.364. The van der Waals surface area contributed by atoms with Crippen LogP contribution in [0.5, 0.6) is 5.75 Å². The van der Waals surface area contributed by atoms with E-state index in [1.54, 1.807) is 0 Å².